The van der Waals surface area contributed by atoms with Crippen LogP contribution in [0.15, 0.2) is 162 Å². The van der Waals surface area contributed by atoms with Gasteiger partial charge in [-0.15, -0.1) is 0 Å². The number of carbonyl (C=O) groups is 10. The highest BCUT2D eigenvalue weighted by Crippen LogP contribution is 2.71. The number of aliphatic hydroxyl groups is 1. The molecule has 778 valence electrons. The lowest BCUT2D eigenvalue weighted by Crippen LogP contribution is -2.84. The predicted octanol–water partition coefficient (Wildman–Crippen LogP) is 15.0. The van der Waals surface area contributed by atoms with Gasteiger partial charge in [0.05, 0.1) is 71.2 Å². The largest absolute Gasteiger partial charge is 0.484 e. The van der Waals surface area contributed by atoms with E-state index in [4.69, 9.17) is 105 Å². The highest BCUT2D eigenvalue weighted by atomic mass is 35.5. The molecule has 17 aliphatic rings. The van der Waals surface area contributed by atoms with E-state index < -0.39 is 65.0 Å². The molecule has 8 bridgehead atoms. The summed E-state index contributed by atoms with van der Waals surface area (Å²) in [6.45, 7) is 6.38. The Bertz CT molecular complexity index is 6790. The molecule has 43 heteroatoms. The van der Waals surface area contributed by atoms with Crippen LogP contribution >= 0.6 is 58.0 Å². The summed E-state index contributed by atoms with van der Waals surface area (Å²) in [5, 5.41) is 46.3. The van der Waals surface area contributed by atoms with Gasteiger partial charge in [-0.25, -0.2) is 13.2 Å². The zero-order chi connectivity index (χ0) is 105. The van der Waals surface area contributed by atoms with Crippen molar-refractivity contribution in [2.75, 3.05) is 62.5 Å². The number of amides is 8. The Labute approximate surface area is 868 Å². The fourth-order valence-corrected chi connectivity index (χ4v) is 23.7. The van der Waals surface area contributed by atoms with Gasteiger partial charge in [-0.3, -0.25) is 52.9 Å². The van der Waals surface area contributed by atoms with E-state index in [0.717, 1.165) is 36.2 Å². The SMILES string of the molecule is CC(F)(F)c1ccc(OCC(=O)NC23CC(CC(=O)[C@@H]4C[C@H](O)c5cc(Cl)ccc5O4)(C2)C3)cn1.Cc1cc(OCC(=O)NC23CC(NC(=O)C4CN(C(=O)c5cnoc5C)c5cc(Cl)ccc5O4)(C2)C3)ccc1Cl.Cc1ccc2c(c1)N(C(=O)C1CCOC1)CC(C(=O)NC13CC(NC(=O)COc4ccc(Cl)c(F)c4)(C1)C3)O2.O=C(COc1ccc(Cl)c(F)c1)NC12CC(CC(=O)C3C/C(=N\O)c4cc(F)ccc4O3)(C1)C2. The monoisotopic (exact) mass is 2140 g/mol. The summed E-state index contributed by atoms with van der Waals surface area (Å²) >= 11 is 29.5. The van der Waals surface area contributed by atoms with E-state index in [9.17, 15) is 80.2 Å². The molecule has 0 radical (unpaired) electrons. The highest BCUT2D eigenvalue weighted by Gasteiger charge is 2.73. The number of ketones is 2. The summed E-state index contributed by atoms with van der Waals surface area (Å²) in [7, 11) is 0. The predicted molar refractivity (Wildman–Crippen MR) is 524 cm³/mol. The highest BCUT2D eigenvalue weighted by molar-refractivity contribution is 6.32. The first-order valence-corrected chi connectivity index (χ1v) is 49.9. The number of hydrogen-bond donors (Lipinski definition) is 8. The van der Waals surface area contributed by atoms with E-state index in [1.165, 1.54) is 65.8 Å². The first-order chi connectivity index (χ1) is 70.3. The fourth-order valence-electron chi connectivity index (χ4n) is 23.0. The zero-order valence-corrected chi connectivity index (χ0v) is 83.9. The number of Topliss-reactive ketones (excluding diaryl/α,β-unsaturated/α-hetero) is 2. The normalized spacial score (nSPS) is 27.1. The molecule has 148 heavy (non-hydrogen) atoms. The minimum absolute atomic E-state index is 0.0118. The minimum atomic E-state index is -3.04. The Morgan fingerprint density at radius 1 is 0.500 bits per heavy atom. The van der Waals surface area contributed by atoms with Gasteiger partial charge in [0.15, 0.2) is 62.4 Å². The number of nitrogens with zero attached hydrogens (tertiary/aromatic N) is 5. The molecule has 7 aromatic carbocycles. The molecule has 0 spiro atoms. The number of hydrogen-bond acceptors (Lipinski definition) is 25. The number of anilines is 2. The number of aryl methyl sites for hydroxylation is 3. The third-order valence-corrected chi connectivity index (χ3v) is 30.9. The number of pyridine rings is 1. The number of ether oxygens (including phenoxy) is 9. The maximum Gasteiger partial charge on any atom is 0.286 e. The quantitative estimate of drug-likeness (QED) is 0.0123. The average molecular weight is 2140 g/mol. The van der Waals surface area contributed by atoms with E-state index in [1.54, 1.807) is 72.5 Å². The number of nitrogens with one attached hydrogen (secondary N) is 6. The summed E-state index contributed by atoms with van der Waals surface area (Å²) < 4.78 is 123. The van der Waals surface area contributed by atoms with Crippen molar-refractivity contribution in [1.82, 2.24) is 42.0 Å². The van der Waals surface area contributed by atoms with Crippen molar-refractivity contribution in [2.24, 2.45) is 21.9 Å². The molecule has 2 aromatic heterocycles. The van der Waals surface area contributed by atoms with Gasteiger partial charge < -0.3 is 99.2 Å². The standard InChI is InChI=1S/C28H26Cl2N4O6.C28H29ClFN3O6.C25H25ClF2N2O5.C24H21ClF2N2O5/c1-15-7-18(4-5-20(15)30)38-11-24(35)32-27-12-28(13-27,14-27)33-25(36)23-10-34(26(37)19-9-31-40-16(19)2)21-8-17(29)3-6-22(21)39-23;1-16-2-5-22-21(8-16)33(26(36)17-6-7-37-11-17)10-23(39-22)25(35)32-28-13-27(14-28,15-28)31-24(34)12-38-18-3-4-19(29)20(30)9-18;1-23(27,28)21-5-3-15(9-29-21)34-10-22(33)30-25-11-24(12-25,13-25)8-18(32)20-7-17(31)16-6-14(26)2-4-19(16)35-20;25-16-3-2-14(6-17(16)27)33-9-22(31)28-24-10-23(11-24,12-24)8-19(30)21-7-18(29-32)15-5-13(26)1-4-20(15)34-21/h3-9,23H,10-14H2,1-2H3,(H,32,35)(H,33,36);2-5,8-9,17,23H,6-7,10-15H2,1H3,(H,31,34)(H,32,35);2-6,9,17,20,31H,7-8,10-13H2,1H3,(H,30,33);1-6,21,32H,7-12H2,(H,28,31)/b;;;29-18+/t;;17-,20-,24?,25?;/m..0./s1. The lowest BCUT2D eigenvalue weighted by Gasteiger charge is -2.70. The number of carbonyl (C=O) groups excluding carboxylic acids is 10. The Morgan fingerprint density at radius 2 is 0.959 bits per heavy atom. The number of alkyl halides is 2. The van der Waals surface area contributed by atoms with Gasteiger partial charge in [-0.1, -0.05) is 74.4 Å². The van der Waals surface area contributed by atoms with Crippen molar-refractivity contribution in [3.63, 3.8) is 0 Å². The van der Waals surface area contributed by atoms with E-state index >= 15 is 0 Å². The van der Waals surface area contributed by atoms with Crippen LogP contribution in [0, 0.1) is 55.0 Å². The summed E-state index contributed by atoms with van der Waals surface area (Å²) in [5.74, 6) is -4.16. The van der Waals surface area contributed by atoms with Gasteiger partial charge in [0, 0.05) is 111 Å². The number of benzene rings is 7. The van der Waals surface area contributed by atoms with Gasteiger partial charge in [-0.05, 0) is 248 Å². The van der Waals surface area contributed by atoms with Crippen LogP contribution in [0.4, 0.5) is 33.3 Å². The summed E-state index contributed by atoms with van der Waals surface area (Å²) in [5.41, 5.74) is 1.48. The zero-order valence-electron chi connectivity index (χ0n) is 80.2. The maximum absolute atomic E-state index is 13.6. The van der Waals surface area contributed by atoms with Crippen molar-refractivity contribution in [1.29, 1.82) is 0 Å². The van der Waals surface area contributed by atoms with Crippen molar-refractivity contribution in [2.45, 2.75) is 207 Å². The third-order valence-electron chi connectivity index (χ3n) is 29.4. The van der Waals surface area contributed by atoms with Gasteiger partial charge in [0.2, 0.25) is 5.91 Å². The molecule has 1 saturated heterocycles. The van der Waals surface area contributed by atoms with Gasteiger partial charge in [0.1, 0.15) is 80.5 Å². The molecule has 4 unspecified atom stereocenters. The van der Waals surface area contributed by atoms with E-state index in [0.29, 0.717) is 181 Å². The van der Waals surface area contributed by atoms with Crippen molar-refractivity contribution in [3.05, 3.63) is 234 Å². The molecule has 26 rings (SSSR count). The molecular weight excluding hydrogens is 2040 g/mol. The Morgan fingerprint density at radius 3 is 1.45 bits per heavy atom. The molecule has 12 aliphatic carbocycles. The molecule has 5 aliphatic heterocycles. The molecular formula is C105H101Cl5F5N11O22. The Kier molecular flexibility index (Phi) is 28.2. The number of oxime groups is 1. The second kappa shape index (κ2) is 40.4. The number of aliphatic hydroxyl groups excluding tert-OH is 1. The number of rotatable bonds is 29. The van der Waals surface area contributed by atoms with Crippen LogP contribution in [0.5, 0.6) is 46.0 Å². The van der Waals surface area contributed by atoms with E-state index in [2.05, 4.69) is 47.2 Å². The Hall–Kier alpha value is -13.1. The molecule has 7 heterocycles. The van der Waals surface area contributed by atoms with Gasteiger partial charge in [0.25, 0.3) is 47.3 Å². The molecule has 33 nitrogen and oxygen atoms in total. The van der Waals surface area contributed by atoms with Crippen LogP contribution < -0.4 is 79.6 Å². The molecule has 8 amide bonds. The third kappa shape index (κ3) is 21.9. The summed E-state index contributed by atoms with van der Waals surface area (Å²) in [4.78, 5) is 135. The second-order valence-corrected chi connectivity index (χ2v) is 43.4. The smallest absolute Gasteiger partial charge is 0.286 e. The number of halogens is 10. The van der Waals surface area contributed by atoms with Gasteiger partial charge >= 0.3 is 0 Å². The number of fused-ring (bicyclic) bond motifs is 4. The molecule has 13 fully saturated rings. The van der Waals surface area contributed by atoms with Crippen molar-refractivity contribution in [3.8, 4) is 46.0 Å². The molecule has 9 aromatic rings. The fraction of sp³-hybridized carbons (Fsp3) is 0.419. The molecule has 8 N–H and O–H groups in total. The molecule has 12 saturated carbocycles. The van der Waals surface area contributed by atoms with Crippen LogP contribution in [-0.2, 0) is 53.8 Å². The lowest BCUT2D eigenvalue weighted by atomic mass is 9.38. The minimum Gasteiger partial charge on any atom is -0.484 e. The Balaban J connectivity index is 0.000000124. The van der Waals surface area contributed by atoms with Crippen LogP contribution in [-0.4, -0.2) is 195 Å². The van der Waals surface area contributed by atoms with Crippen molar-refractivity contribution >= 4 is 134 Å². The number of aromatic nitrogens is 2. The van der Waals surface area contributed by atoms with Crippen molar-refractivity contribution < 1.29 is 127 Å². The first-order valence-electron chi connectivity index (χ1n) is 48.0. The maximum atomic E-state index is 13.6. The lowest BCUT2D eigenvalue weighted by molar-refractivity contribution is -0.176. The summed E-state index contributed by atoms with van der Waals surface area (Å²) in [6.07, 6.45) is 7.64. The average Bonchev–Trinajstić information content (AvgIpc) is 1.17. The topological polar surface area (TPSA) is 424 Å². The van der Waals surface area contributed by atoms with E-state index in [-0.39, 0.29) is 195 Å². The second-order valence-electron chi connectivity index (χ2n) is 41.3. The van der Waals surface area contributed by atoms with Crippen LogP contribution in [0.25, 0.3) is 0 Å². The van der Waals surface area contributed by atoms with Crippen LogP contribution in [0.3, 0.4) is 0 Å². The van der Waals surface area contributed by atoms with Crippen LogP contribution in [0.2, 0.25) is 25.1 Å². The van der Waals surface area contributed by atoms with E-state index in [1.807, 2.05) is 26.0 Å². The van der Waals surface area contributed by atoms with Gasteiger partial charge in [-0.2, -0.15) is 8.78 Å². The molecule has 6 atom stereocenters. The van der Waals surface area contributed by atoms with Crippen LogP contribution in [0.1, 0.15) is 166 Å². The first kappa shape index (κ1) is 103. The summed E-state index contributed by atoms with van der Waals surface area (Å²) in [6, 6.07) is 35.0.